The largest absolute Gasteiger partial charge is 0.384 e. The zero-order valence-electron chi connectivity index (χ0n) is 18.8. The number of thiophene rings is 1. The molecule has 1 aromatic heterocycles. The van der Waals surface area contributed by atoms with Crippen LogP contribution in [0.3, 0.4) is 0 Å². The second kappa shape index (κ2) is 9.13. The lowest BCUT2D eigenvalue weighted by Crippen LogP contribution is -2.39. The first-order valence-electron chi connectivity index (χ1n) is 11.4. The molecule has 0 radical (unpaired) electrons. The number of hydrogen-bond acceptors (Lipinski definition) is 5. The Hall–Kier alpha value is -3.33. The molecular weight excluding hydrogens is 462 g/mol. The highest BCUT2D eigenvalue weighted by Crippen LogP contribution is 2.50. The SMILES string of the molecule is CCc1ccc(C2C(C#N)=C(N)N(c3cccc(Cl)c3)C3=C2C(=O)CC(c2ccccc2)C3)s1. The molecule has 6 heteroatoms. The van der Waals surface area contributed by atoms with Gasteiger partial charge in [0.2, 0.25) is 0 Å². The Morgan fingerprint density at radius 3 is 2.59 bits per heavy atom. The van der Waals surface area contributed by atoms with Gasteiger partial charge in [-0.2, -0.15) is 5.26 Å². The standard InChI is InChI=1S/C28H24ClN3OS/c1-2-21-11-12-25(34-21)26-22(16-30)28(31)32(20-10-6-9-19(29)15-20)23-13-18(14-24(33)27(23)26)17-7-4-3-5-8-17/h3-12,15,18,26H,2,13-14,31H2,1H3. The predicted molar refractivity (Wildman–Crippen MR) is 138 cm³/mol. The second-order valence-corrected chi connectivity index (χ2v) is 10.3. The molecule has 0 amide bonds. The minimum atomic E-state index is -0.440. The summed E-state index contributed by atoms with van der Waals surface area (Å²) in [5, 5.41) is 10.8. The van der Waals surface area contributed by atoms with Crippen molar-refractivity contribution in [2.75, 3.05) is 4.90 Å². The molecule has 2 aromatic carbocycles. The van der Waals surface area contributed by atoms with Gasteiger partial charge >= 0.3 is 0 Å². The summed E-state index contributed by atoms with van der Waals surface area (Å²) >= 11 is 7.97. The molecule has 5 rings (SSSR count). The van der Waals surface area contributed by atoms with Crippen molar-refractivity contribution in [3.8, 4) is 6.07 Å². The Bertz CT molecular complexity index is 1370. The highest BCUT2D eigenvalue weighted by atomic mass is 35.5. The van der Waals surface area contributed by atoms with Crippen LogP contribution in [-0.4, -0.2) is 5.78 Å². The van der Waals surface area contributed by atoms with Crippen LogP contribution in [0.4, 0.5) is 5.69 Å². The topological polar surface area (TPSA) is 70.1 Å². The number of carbonyl (C=O) groups is 1. The summed E-state index contributed by atoms with van der Waals surface area (Å²) < 4.78 is 0. The summed E-state index contributed by atoms with van der Waals surface area (Å²) in [6, 6.07) is 24.0. The monoisotopic (exact) mass is 485 g/mol. The lowest BCUT2D eigenvalue weighted by molar-refractivity contribution is -0.116. The first-order chi connectivity index (χ1) is 16.5. The molecule has 2 N–H and O–H groups in total. The van der Waals surface area contributed by atoms with E-state index in [1.807, 2.05) is 47.4 Å². The van der Waals surface area contributed by atoms with E-state index in [2.05, 4.69) is 31.2 Å². The van der Waals surface area contributed by atoms with Gasteiger partial charge in [0.15, 0.2) is 5.78 Å². The number of nitrogens with two attached hydrogens (primary N) is 1. The molecule has 2 unspecified atom stereocenters. The Morgan fingerprint density at radius 1 is 1.12 bits per heavy atom. The molecule has 0 fully saturated rings. The number of Topliss-reactive ketones (excluding diaryl/α,β-unsaturated/α-hetero) is 1. The molecule has 0 saturated carbocycles. The lowest BCUT2D eigenvalue weighted by atomic mass is 9.73. The highest BCUT2D eigenvalue weighted by Gasteiger charge is 2.43. The fraction of sp³-hybridized carbons (Fsp3) is 0.214. The summed E-state index contributed by atoms with van der Waals surface area (Å²) in [4.78, 5) is 17.9. The van der Waals surface area contributed by atoms with Crippen LogP contribution in [0.2, 0.25) is 5.02 Å². The Labute approximate surface area is 208 Å². The number of halogens is 1. The zero-order chi connectivity index (χ0) is 23.8. The van der Waals surface area contributed by atoms with E-state index in [1.165, 1.54) is 4.88 Å². The van der Waals surface area contributed by atoms with E-state index < -0.39 is 5.92 Å². The van der Waals surface area contributed by atoms with E-state index in [0.29, 0.717) is 34.8 Å². The predicted octanol–water partition coefficient (Wildman–Crippen LogP) is 6.66. The van der Waals surface area contributed by atoms with Crippen LogP contribution in [0.1, 0.15) is 46.9 Å². The number of allylic oxidation sites excluding steroid dienone is 3. The van der Waals surface area contributed by atoms with Crippen molar-refractivity contribution < 1.29 is 4.79 Å². The number of ketones is 1. The molecule has 4 nitrogen and oxygen atoms in total. The Balaban J connectivity index is 1.72. The molecule has 3 aromatic rings. The number of aryl methyl sites for hydroxylation is 1. The summed E-state index contributed by atoms with van der Waals surface area (Å²) in [7, 11) is 0. The molecule has 2 heterocycles. The maximum atomic E-state index is 13.8. The van der Waals surface area contributed by atoms with Gasteiger partial charge in [-0.05, 0) is 54.7 Å². The van der Waals surface area contributed by atoms with Gasteiger partial charge in [-0.3, -0.25) is 9.69 Å². The van der Waals surface area contributed by atoms with Gasteiger partial charge in [-0.25, -0.2) is 0 Å². The maximum Gasteiger partial charge on any atom is 0.162 e. The van der Waals surface area contributed by atoms with Gasteiger partial charge in [-0.15, -0.1) is 11.3 Å². The van der Waals surface area contributed by atoms with Crippen LogP contribution in [-0.2, 0) is 11.2 Å². The fourth-order valence-corrected chi connectivity index (χ4v) is 6.28. The van der Waals surface area contributed by atoms with Crippen LogP contribution < -0.4 is 10.6 Å². The van der Waals surface area contributed by atoms with Crippen LogP contribution in [0.15, 0.2) is 89.4 Å². The zero-order valence-corrected chi connectivity index (χ0v) is 20.4. The van der Waals surface area contributed by atoms with Crippen molar-refractivity contribution in [2.24, 2.45) is 5.73 Å². The first-order valence-corrected chi connectivity index (χ1v) is 12.6. The molecule has 0 bridgehead atoms. The highest BCUT2D eigenvalue weighted by molar-refractivity contribution is 7.12. The second-order valence-electron chi connectivity index (χ2n) is 8.62. The molecule has 1 aliphatic heterocycles. The van der Waals surface area contributed by atoms with Crippen molar-refractivity contribution in [3.05, 3.63) is 110 Å². The third kappa shape index (κ3) is 3.83. The fourth-order valence-electron chi connectivity index (χ4n) is 5.02. The van der Waals surface area contributed by atoms with Crippen LogP contribution >= 0.6 is 22.9 Å². The number of rotatable bonds is 4. The van der Waals surface area contributed by atoms with Crippen molar-refractivity contribution in [3.63, 3.8) is 0 Å². The third-order valence-electron chi connectivity index (χ3n) is 6.62. The van der Waals surface area contributed by atoms with E-state index in [-0.39, 0.29) is 11.7 Å². The van der Waals surface area contributed by atoms with Crippen molar-refractivity contribution in [1.29, 1.82) is 5.26 Å². The van der Waals surface area contributed by atoms with Gasteiger partial charge in [0.05, 0.1) is 17.6 Å². The minimum Gasteiger partial charge on any atom is -0.384 e. The Morgan fingerprint density at radius 2 is 1.91 bits per heavy atom. The van der Waals surface area contributed by atoms with E-state index in [1.54, 1.807) is 17.4 Å². The molecule has 1 aliphatic carbocycles. The Kier molecular flexibility index (Phi) is 6.03. The van der Waals surface area contributed by atoms with Crippen LogP contribution in [0, 0.1) is 11.3 Å². The average Bonchev–Trinajstić information content (AvgIpc) is 3.32. The molecule has 34 heavy (non-hydrogen) atoms. The summed E-state index contributed by atoms with van der Waals surface area (Å²) in [6.45, 7) is 2.10. The molecule has 2 atom stereocenters. The van der Waals surface area contributed by atoms with Gasteiger partial charge in [-0.1, -0.05) is 54.9 Å². The van der Waals surface area contributed by atoms with E-state index in [0.717, 1.165) is 28.2 Å². The van der Waals surface area contributed by atoms with Gasteiger partial charge in [0, 0.05) is 38.2 Å². The molecule has 170 valence electrons. The first kappa shape index (κ1) is 22.5. The number of carbonyl (C=O) groups excluding carboxylic acids is 1. The van der Waals surface area contributed by atoms with Crippen molar-refractivity contribution in [2.45, 2.75) is 38.0 Å². The van der Waals surface area contributed by atoms with Gasteiger partial charge < -0.3 is 5.73 Å². The number of nitrogens with zero attached hydrogens (tertiary/aromatic N) is 2. The summed E-state index contributed by atoms with van der Waals surface area (Å²) in [5.41, 5.74) is 10.6. The average molecular weight is 486 g/mol. The lowest BCUT2D eigenvalue weighted by Gasteiger charge is -2.41. The minimum absolute atomic E-state index is 0.0424. The smallest absolute Gasteiger partial charge is 0.162 e. The quantitative estimate of drug-likeness (QED) is 0.448. The van der Waals surface area contributed by atoms with E-state index in [4.69, 9.17) is 17.3 Å². The molecule has 0 spiro atoms. The van der Waals surface area contributed by atoms with Gasteiger partial charge in [0.1, 0.15) is 5.82 Å². The summed E-state index contributed by atoms with van der Waals surface area (Å²) in [5.74, 6) is 0.0334. The molecule has 0 saturated heterocycles. The number of benzene rings is 2. The van der Waals surface area contributed by atoms with Crippen LogP contribution in [0.5, 0.6) is 0 Å². The number of nitriles is 1. The summed E-state index contributed by atoms with van der Waals surface area (Å²) in [6.07, 6.45) is 1.97. The van der Waals surface area contributed by atoms with Gasteiger partial charge in [0.25, 0.3) is 0 Å². The van der Waals surface area contributed by atoms with E-state index >= 15 is 0 Å². The van der Waals surface area contributed by atoms with Crippen LogP contribution in [0.25, 0.3) is 0 Å². The number of hydrogen-bond donors (Lipinski definition) is 1. The van der Waals surface area contributed by atoms with Crippen molar-refractivity contribution in [1.82, 2.24) is 0 Å². The van der Waals surface area contributed by atoms with Crippen molar-refractivity contribution >= 4 is 34.4 Å². The number of anilines is 1. The third-order valence-corrected chi connectivity index (χ3v) is 8.15. The maximum absolute atomic E-state index is 13.8. The normalized spacial score (nSPS) is 20.4. The van der Waals surface area contributed by atoms with E-state index in [9.17, 15) is 10.1 Å². The molecular formula is C28H24ClN3OS. The molecule has 2 aliphatic rings.